The second kappa shape index (κ2) is 6.33. The van der Waals surface area contributed by atoms with Crippen molar-refractivity contribution in [2.45, 2.75) is 51.3 Å². The number of esters is 2. The molecule has 0 radical (unpaired) electrons. The summed E-state index contributed by atoms with van der Waals surface area (Å²) in [7, 11) is 0. The lowest BCUT2D eigenvalue weighted by molar-refractivity contribution is -0.247. The molecule has 0 spiro atoms. The van der Waals surface area contributed by atoms with Gasteiger partial charge in [-0.05, 0) is 0 Å². The molecule has 100 valence electrons. The zero-order valence-corrected chi connectivity index (χ0v) is 10.2. The molecule has 1 rings (SSSR count). The van der Waals surface area contributed by atoms with Crippen LogP contribution in [-0.4, -0.2) is 41.6 Å². The Morgan fingerprint density at radius 3 is 2.50 bits per heavy atom. The van der Waals surface area contributed by atoms with E-state index in [9.17, 15) is 14.7 Å². The molecular weight excluding hydrogens is 242 g/mol. The monoisotopic (exact) mass is 257 g/mol. The van der Waals surface area contributed by atoms with E-state index >= 15 is 0 Å². The van der Waals surface area contributed by atoms with E-state index < -0.39 is 36.5 Å². The Balaban J connectivity index is 2.73. The van der Waals surface area contributed by atoms with E-state index in [1.54, 1.807) is 0 Å². The van der Waals surface area contributed by atoms with E-state index in [2.05, 4.69) is 0 Å². The van der Waals surface area contributed by atoms with Gasteiger partial charge in [-0.1, -0.05) is 0 Å². The fraction of sp³-hybridized carbons (Fsp3) is 0.727. The number of nitrogens with zero attached hydrogens (tertiary/aromatic N) is 1. The first-order valence-corrected chi connectivity index (χ1v) is 5.49. The van der Waals surface area contributed by atoms with Crippen molar-refractivity contribution >= 4 is 11.9 Å². The average molecular weight is 257 g/mol. The highest BCUT2D eigenvalue weighted by Gasteiger charge is 2.40. The molecule has 0 aliphatic carbocycles. The van der Waals surface area contributed by atoms with Crippen LogP contribution in [0, 0.1) is 11.3 Å². The molecule has 0 bridgehead atoms. The summed E-state index contributed by atoms with van der Waals surface area (Å²) in [5.41, 5.74) is 0. The molecule has 4 atom stereocenters. The summed E-state index contributed by atoms with van der Waals surface area (Å²) in [6.07, 6.45) is -3.77. The zero-order valence-electron chi connectivity index (χ0n) is 10.2. The smallest absolute Gasteiger partial charge is 0.304 e. The first kappa shape index (κ1) is 14.4. The van der Waals surface area contributed by atoms with Gasteiger partial charge in [-0.2, -0.15) is 5.26 Å². The highest BCUT2D eigenvalue weighted by atomic mass is 16.7. The lowest BCUT2D eigenvalue weighted by Gasteiger charge is -2.37. The van der Waals surface area contributed by atoms with Crippen LogP contribution in [0.1, 0.15) is 26.7 Å². The molecule has 1 aliphatic rings. The maximum absolute atomic E-state index is 10.9. The summed E-state index contributed by atoms with van der Waals surface area (Å²) < 4.78 is 15.0. The number of rotatable bonds is 3. The molecule has 1 heterocycles. The van der Waals surface area contributed by atoms with E-state index in [-0.39, 0.29) is 12.8 Å². The van der Waals surface area contributed by atoms with Crippen molar-refractivity contribution in [3.8, 4) is 6.07 Å². The molecule has 0 aromatic carbocycles. The summed E-state index contributed by atoms with van der Waals surface area (Å²) >= 11 is 0. The van der Waals surface area contributed by atoms with Crippen molar-refractivity contribution in [1.82, 2.24) is 0 Å². The minimum absolute atomic E-state index is 0.0439. The van der Waals surface area contributed by atoms with Gasteiger partial charge in [-0.3, -0.25) is 9.59 Å². The van der Waals surface area contributed by atoms with E-state index in [1.165, 1.54) is 13.8 Å². The fourth-order valence-electron chi connectivity index (χ4n) is 1.75. The van der Waals surface area contributed by atoms with E-state index in [0.29, 0.717) is 0 Å². The van der Waals surface area contributed by atoms with Crippen LogP contribution in [0.25, 0.3) is 0 Å². The number of nitriles is 1. The van der Waals surface area contributed by atoms with Gasteiger partial charge in [0, 0.05) is 20.3 Å². The van der Waals surface area contributed by atoms with Crippen LogP contribution in [0.15, 0.2) is 0 Å². The third kappa shape index (κ3) is 3.98. The van der Waals surface area contributed by atoms with Crippen LogP contribution < -0.4 is 0 Å². The second-order valence-electron chi connectivity index (χ2n) is 3.95. The molecule has 18 heavy (non-hydrogen) atoms. The van der Waals surface area contributed by atoms with Gasteiger partial charge in [0.15, 0.2) is 0 Å². The van der Waals surface area contributed by atoms with Gasteiger partial charge >= 0.3 is 11.9 Å². The summed E-state index contributed by atoms with van der Waals surface area (Å²) in [6.45, 7) is 2.43. The normalized spacial score (nSPS) is 31.2. The first-order valence-electron chi connectivity index (χ1n) is 5.49. The predicted molar refractivity (Wildman–Crippen MR) is 56.8 cm³/mol. The topological polar surface area (TPSA) is 106 Å². The first-order chi connectivity index (χ1) is 8.43. The molecule has 1 saturated heterocycles. The van der Waals surface area contributed by atoms with Gasteiger partial charge in [0.05, 0.1) is 12.5 Å². The molecule has 1 N–H and O–H groups in total. The quantitative estimate of drug-likeness (QED) is 0.702. The van der Waals surface area contributed by atoms with E-state index in [1.807, 2.05) is 6.07 Å². The number of hydrogen-bond acceptors (Lipinski definition) is 7. The Morgan fingerprint density at radius 1 is 1.39 bits per heavy atom. The Labute approximate surface area is 104 Å². The maximum Gasteiger partial charge on any atom is 0.304 e. The number of carbonyl (C=O) groups excluding carboxylic acids is 2. The second-order valence-corrected chi connectivity index (χ2v) is 3.95. The number of aliphatic hydroxyl groups excluding tert-OH is 1. The molecule has 4 unspecified atom stereocenters. The van der Waals surface area contributed by atoms with Crippen molar-refractivity contribution in [3.05, 3.63) is 0 Å². The molecule has 7 nitrogen and oxygen atoms in total. The molecule has 0 aromatic rings. The Kier molecular flexibility index (Phi) is 5.07. The van der Waals surface area contributed by atoms with Crippen LogP contribution in [0.3, 0.4) is 0 Å². The zero-order chi connectivity index (χ0) is 13.7. The molecule has 0 amide bonds. The predicted octanol–water partition coefficient (Wildman–Crippen LogP) is -0.129. The Hall–Kier alpha value is -1.65. The summed E-state index contributed by atoms with van der Waals surface area (Å²) in [5.74, 6) is -1.10. The van der Waals surface area contributed by atoms with E-state index in [4.69, 9.17) is 19.5 Å². The van der Waals surface area contributed by atoms with Crippen LogP contribution in [0.2, 0.25) is 0 Å². The number of carbonyl (C=O) groups is 2. The number of hydrogen-bond donors (Lipinski definition) is 1. The largest absolute Gasteiger partial charge is 0.459 e. The Bertz CT molecular complexity index is 363. The van der Waals surface area contributed by atoms with Crippen molar-refractivity contribution in [2.75, 3.05) is 0 Å². The molecule has 1 aliphatic heterocycles. The lowest BCUT2D eigenvalue weighted by Crippen LogP contribution is -2.50. The van der Waals surface area contributed by atoms with Crippen molar-refractivity contribution in [2.24, 2.45) is 0 Å². The molecule has 0 saturated carbocycles. The molecule has 7 heteroatoms. The minimum atomic E-state index is -1.11. The lowest BCUT2D eigenvalue weighted by atomic mass is 9.99. The molecule has 0 aromatic heterocycles. The van der Waals surface area contributed by atoms with Crippen molar-refractivity contribution in [1.29, 1.82) is 5.26 Å². The maximum atomic E-state index is 10.9. The molecule has 1 fully saturated rings. The van der Waals surface area contributed by atoms with Gasteiger partial charge < -0.3 is 19.3 Å². The third-order valence-corrected chi connectivity index (χ3v) is 2.42. The summed E-state index contributed by atoms with van der Waals surface area (Å²) in [5, 5.41) is 18.5. The van der Waals surface area contributed by atoms with Crippen LogP contribution in [0.5, 0.6) is 0 Å². The number of ether oxygens (including phenoxy) is 3. The summed E-state index contributed by atoms with van der Waals surface area (Å²) in [4.78, 5) is 21.8. The van der Waals surface area contributed by atoms with Crippen LogP contribution in [0.4, 0.5) is 0 Å². The fourth-order valence-corrected chi connectivity index (χ4v) is 1.75. The molecular formula is C11H15NO6. The summed E-state index contributed by atoms with van der Waals surface area (Å²) in [6, 6.07) is 1.85. The highest BCUT2D eigenvalue weighted by molar-refractivity contribution is 5.66. The van der Waals surface area contributed by atoms with E-state index in [0.717, 1.165) is 0 Å². The van der Waals surface area contributed by atoms with Crippen LogP contribution in [-0.2, 0) is 23.8 Å². The van der Waals surface area contributed by atoms with Gasteiger partial charge in [-0.25, -0.2) is 0 Å². The van der Waals surface area contributed by atoms with Gasteiger partial charge in [0.25, 0.3) is 0 Å². The highest BCUT2D eigenvalue weighted by Crippen LogP contribution is 2.25. The van der Waals surface area contributed by atoms with Gasteiger partial charge in [-0.15, -0.1) is 0 Å². The van der Waals surface area contributed by atoms with Crippen molar-refractivity contribution < 1.29 is 28.9 Å². The van der Waals surface area contributed by atoms with Gasteiger partial charge in [0.1, 0.15) is 18.3 Å². The van der Waals surface area contributed by atoms with Gasteiger partial charge in [0.2, 0.25) is 6.29 Å². The average Bonchev–Trinajstić information content (AvgIpc) is 2.23. The SMILES string of the molecule is CC(=O)OC1CC(OC(C)=O)C(O)C(CC#N)O1. The number of aliphatic hydroxyl groups is 1. The third-order valence-electron chi connectivity index (χ3n) is 2.42. The minimum Gasteiger partial charge on any atom is -0.459 e. The van der Waals surface area contributed by atoms with Crippen LogP contribution >= 0.6 is 0 Å². The Morgan fingerprint density at radius 2 is 2.00 bits per heavy atom. The standard InChI is InChI=1S/C11H15NO6/c1-6(13)16-9-5-10(17-7(2)14)18-8(3-4-12)11(9)15/h8-11,15H,3,5H2,1-2H3. The van der Waals surface area contributed by atoms with Crippen molar-refractivity contribution in [3.63, 3.8) is 0 Å².